The fraction of sp³-hybridized carbons (Fsp3) is 0.348. The Morgan fingerprint density at radius 3 is 2.00 bits per heavy atom. The smallest absolute Gasteiger partial charge is 0.294 e. The molecule has 0 fully saturated rings. The van der Waals surface area contributed by atoms with Crippen molar-refractivity contribution in [2.45, 2.75) is 31.6 Å². The molecule has 0 saturated carbocycles. The van der Waals surface area contributed by atoms with Crippen LogP contribution < -0.4 is 0 Å². The van der Waals surface area contributed by atoms with Gasteiger partial charge in [0.1, 0.15) is 21.6 Å². The maximum absolute atomic E-state index is 14.9. The van der Waals surface area contributed by atoms with Gasteiger partial charge < -0.3 is 0 Å². The first-order chi connectivity index (χ1) is 16.7. The molecule has 3 nitrogen and oxygen atoms in total. The summed E-state index contributed by atoms with van der Waals surface area (Å²) >= 11 is 17.3. The molecule has 0 aliphatic carbocycles. The van der Waals surface area contributed by atoms with E-state index in [2.05, 4.69) is 0 Å². The highest BCUT2D eigenvalue weighted by molar-refractivity contribution is 7.90. The molecule has 37 heavy (non-hydrogen) atoms. The van der Waals surface area contributed by atoms with Gasteiger partial charge in [0.05, 0.1) is 26.4 Å². The second kappa shape index (κ2) is 11.5. The van der Waals surface area contributed by atoms with Gasteiger partial charge in [-0.1, -0.05) is 53.9 Å². The molecule has 0 amide bonds. The zero-order valence-electron chi connectivity index (χ0n) is 18.9. The summed E-state index contributed by atoms with van der Waals surface area (Å²) in [5.74, 6) is -6.62. The standard InChI is InChI=1S/C23H18Cl3F7O3S/c1-11(10-37(2,35)36)5-20(34)14-4-3-12(6-16(14)23(31,32)33)19(27)9-15(22(28,29)30)13-7-17(24)21(26)18(25)8-13/h3-4,6-9,11,15H,5,10H2,1-2H3/b19-9-/t11-,15?/m0/s1. The maximum Gasteiger partial charge on any atom is 0.417 e. The van der Waals surface area contributed by atoms with E-state index in [-0.39, 0.29) is 27.2 Å². The van der Waals surface area contributed by atoms with Crippen LogP contribution in [0, 0.1) is 5.92 Å². The van der Waals surface area contributed by atoms with Gasteiger partial charge in [-0.25, -0.2) is 12.8 Å². The number of carbonyl (C=O) groups excluding carboxylic acids is 1. The fourth-order valence-electron chi connectivity index (χ4n) is 3.55. The summed E-state index contributed by atoms with van der Waals surface area (Å²) in [6.07, 6.45) is -9.85. The van der Waals surface area contributed by atoms with E-state index in [9.17, 15) is 43.9 Å². The average Bonchev–Trinajstić information content (AvgIpc) is 2.72. The number of ketones is 1. The van der Waals surface area contributed by atoms with Crippen molar-refractivity contribution in [1.29, 1.82) is 0 Å². The minimum Gasteiger partial charge on any atom is -0.294 e. The van der Waals surface area contributed by atoms with Crippen LogP contribution in [-0.4, -0.2) is 32.4 Å². The number of benzene rings is 2. The van der Waals surface area contributed by atoms with Crippen molar-refractivity contribution in [1.82, 2.24) is 0 Å². The maximum atomic E-state index is 14.9. The minimum atomic E-state index is -5.16. The third-order valence-electron chi connectivity index (χ3n) is 5.05. The molecule has 0 spiro atoms. The van der Waals surface area contributed by atoms with Crippen molar-refractivity contribution in [3.8, 4) is 0 Å². The first-order valence-electron chi connectivity index (χ1n) is 10.2. The minimum absolute atomic E-state index is 0.0566. The first kappa shape index (κ1) is 31.4. The summed E-state index contributed by atoms with van der Waals surface area (Å²) in [4.78, 5) is 12.5. The van der Waals surface area contributed by atoms with Crippen LogP contribution in [0.15, 0.2) is 36.4 Å². The Hall–Kier alpha value is -1.82. The van der Waals surface area contributed by atoms with Gasteiger partial charge in [-0.2, -0.15) is 26.3 Å². The fourth-order valence-corrected chi connectivity index (χ4v) is 5.31. The molecule has 0 heterocycles. The Morgan fingerprint density at radius 1 is 1.00 bits per heavy atom. The van der Waals surface area contributed by atoms with Crippen LogP contribution in [0.25, 0.3) is 5.83 Å². The quantitative estimate of drug-likeness (QED) is 0.170. The molecule has 1 unspecified atom stereocenters. The Morgan fingerprint density at radius 2 is 1.54 bits per heavy atom. The van der Waals surface area contributed by atoms with Crippen LogP contribution >= 0.6 is 34.8 Å². The Balaban J connectivity index is 2.54. The van der Waals surface area contributed by atoms with Crippen molar-refractivity contribution < 1.29 is 43.9 Å². The van der Waals surface area contributed by atoms with E-state index in [0.29, 0.717) is 6.07 Å². The van der Waals surface area contributed by atoms with Crippen LogP contribution in [0.5, 0.6) is 0 Å². The van der Waals surface area contributed by atoms with Gasteiger partial charge in [-0.15, -0.1) is 0 Å². The average molecular weight is 614 g/mol. The largest absolute Gasteiger partial charge is 0.417 e. The zero-order chi connectivity index (χ0) is 28.5. The molecule has 0 aromatic heterocycles. The number of Topliss-reactive ketones (excluding diaryl/α,β-unsaturated/α-hetero) is 1. The van der Waals surface area contributed by atoms with Crippen LogP contribution in [0.2, 0.25) is 15.1 Å². The summed E-state index contributed by atoms with van der Waals surface area (Å²) in [6.45, 7) is 1.36. The van der Waals surface area contributed by atoms with E-state index in [1.165, 1.54) is 6.92 Å². The van der Waals surface area contributed by atoms with Crippen molar-refractivity contribution >= 4 is 56.3 Å². The van der Waals surface area contributed by atoms with Crippen molar-refractivity contribution in [2.75, 3.05) is 12.0 Å². The SMILES string of the molecule is C[C@@H](CC(=O)c1ccc(/C(F)=C/C(c2cc(Cl)c(Cl)c(Cl)c2)C(F)(F)F)cc1C(F)(F)F)CS(C)(=O)=O. The van der Waals surface area contributed by atoms with Crippen LogP contribution in [0.4, 0.5) is 30.7 Å². The van der Waals surface area contributed by atoms with Gasteiger partial charge in [-0.3, -0.25) is 4.79 Å². The summed E-state index contributed by atoms with van der Waals surface area (Å²) in [5.41, 5.74) is -3.92. The summed E-state index contributed by atoms with van der Waals surface area (Å²) in [7, 11) is -3.51. The lowest BCUT2D eigenvalue weighted by atomic mass is 9.93. The number of rotatable bonds is 8. The molecule has 2 aromatic carbocycles. The lowest BCUT2D eigenvalue weighted by molar-refractivity contribution is -0.140. The third-order valence-corrected chi connectivity index (χ3v) is 7.42. The first-order valence-corrected chi connectivity index (χ1v) is 13.4. The predicted octanol–water partition coefficient (Wildman–Crippen LogP) is 8.58. The van der Waals surface area contributed by atoms with Crippen molar-refractivity contribution in [2.24, 2.45) is 5.92 Å². The van der Waals surface area contributed by atoms with E-state index in [0.717, 1.165) is 24.5 Å². The summed E-state index contributed by atoms with van der Waals surface area (Å²) < 4.78 is 120. The third kappa shape index (κ3) is 8.59. The van der Waals surface area contributed by atoms with E-state index in [1.54, 1.807) is 0 Å². The molecular formula is C23H18Cl3F7O3S. The summed E-state index contributed by atoms with van der Waals surface area (Å²) in [5, 5.41) is -0.933. The number of carbonyl (C=O) groups is 1. The highest BCUT2D eigenvalue weighted by Gasteiger charge is 2.41. The number of hydrogen-bond donors (Lipinski definition) is 0. The molecule has 0 aliphatic heterocycles. The van der Waals surface area contributed by atoms with Gasteiger partial charge in [-0.05, 0) is 35.8 Å². The van der Waals surface area contributed by atoms with Crippen molar-refractivity contribution in [3.05, 3.63) is 73.7 Å². The molecule has 0 radical (unpaired) electrons. The zero-order valence-corrected chi connectivity index (χ0v) is 22.0. The monoisotopic (exact) mass is 612 g/mol. The number of alkyl halides is 6. The number of allylic oxidation sites excluding steroid dienone is 1. The molecule has 14 heteroatoms. The van der Waals surface area contributed by atoms with Crippen LogP contribution in [-0.2, 0) is 16.0 Å². The molecule has 2 aromatic rings. The van der Waals surface area contributed by atoms with Gasteiger partial charge in [0, 0.05) is 23.8 Å². The molecule has 0 saturated heterocycles. The highest BCUT2D eigenvalue weighted by atomic mass is 35.5. The van der Waals surface area contributed by atoms with Crippen LogP contribution in [0.1, 0.15) is 46.3 Å². The van der Waals surface area contributed by atoms with E-state index in [4.69, 9.17) is 34.8 Å². The molecule has 204 valence electrons. The Kier molecular flexibility index (Phi) is 9.77. The topological polar surface area (TPSA) is 51.2 Å². The molecule has 2 rings (SSSR count). The van der Waals surface area contributed by atoms with Gasteiger partial charge in [0.25, 0.3) is 0 Å². The Bertz CT molecular complexity index is 1300. The van der Waals surface area contributed by atoms with Gasteiger partial charge in [0.15, 0.2) is 5.78 Å². The van der Waals surface area contributed by atoms with E-state index >= 15 is 0 Å². The van der Waals surface area contributed by atoms with Gasteiger partial charge >= 0.3 is 12.4 Å². The molecule has 2 atom stereocenters. The molecule has 0 N–H and O–H groups in total. The molecule has 0 bridgehead atoms. The van der Waals surface area contributed by atoms with E-state index in [1.807, 2.05) is 0 Å². The lowest BCUT2D eigenvalue weighted by Crippen LogP contribution is -2.20. The predicted molar refractivity (Wildman–Crippen MR) is 129 cm³/mol. The van der Waals surface area contributed by atoms with Crippen molar-refractivity contribution in [3.63, 3.8) is 0 Å². The Labute approximate surface area is 223 Å². The number of sulfone groups is 1. The normalized spacial score (nSPS) is 15.0. The van der Waals surface area contributed by atoms with Gasteiger partial charge in [0.2, 0.25) is 0 Å². The van der Waals surface area contributed by atoms with E-state index < -0.39 is 80.1 Å². The number of halogens is 10. The second-order valence-corrected chi connectivity index (χ2v) is 11.8. The highest BCUT2D eigenvalue weighted by Crippen LogP contribution is 2.43. The second-order valence-electron chi connectivity index (χ2n) is 8.42. The van der Waals surface area contributed by atoms with Crippen LogP contribution in [0.3, 0.4) is 0 Å². The molecular weight excluding hydrogens is 596 g/mol. The lowest BCUT2D eigenvalue weighted by Gasteiger charge is -2.19. The summed E-state index contributed by atoms with van der Waals surface area (Å²) in [6, 6.07) is 3.19. The molecule has 0 aliphatic rings. The number of hydrogen-bond acceptors (Lipinski definition) is 3.